The molecule has 1 aliphatic heterocycles. The van der Waals surface area contributed by atoms with Crippen LogP contribution in [0.4, 0.5) is 5.69 Å². The van der Waals surface area contributed by atoms with Crippen LogP contribution in [0.1, 0.15) is 55.1 Å². The number of hydrogen-bond donors (Lipinski definition) is 3. The van der Waals surface area contributed by atoms with E-state index >= 15 is 0 Å². The van der Waals surface area contributed by atoms with Gasteiger partial charge in [0.1, 0.15) is 5.75 Å². The topological polar surface area (TPSA) is 113 Å². The lowest BCUT2D eigenvalue weighted by molar-refractivity contribution is 0.0814. The summed E-state index contributed by atoms with van der Waals surface area (Å²) in [6, 6.07) is 22.3. The monoisotopic (exact) mass is 632 g/mol. The summed E-state index contributed by atoms with van der Waals surface area (Å²) in [6.45, 7) is 7.35. The van der Waals surface area contributed by atoms with Crippen molar-refractivity contribution >= 4 is 32.5 Å². The van der Waals surface area contributed by atoms with Gasteiger partial charge in [-0.05, 0) is 81.5 Å². The maximum Gasteiger partial charge on any atom is 0.251 e. The van der Waals surface area contributed by atoms with Crippen molar-refractivity contribution < 1.29 is 23.1 Å². The average molecular weight is 633 g/mol. The molecular weight excluding hydrogens is 588 g/mol. The van der Waals surface area contributed by atoms with Crippen molar-refractivity contribution in [3.05, 3.63) is 95.7 Å². The summed E-state index contributed by atoms with van der Waals surface area (Å²) in [5, 5.41) is 18.9. The van der Waals surface area contributed by atoms with Crippen LogP contribution >= 0.6 is 0 Å². The van der Waals surface area contributed by atoms with E-state index in [4.69, 9.17) is 4.74 Å². The van der Waals surface area contributed by atoms with Gasteiger partial charge in [-0.2, -0.15) is 0 Å². The SMILES string of the molecule is CCn1ccc2c(N3CCCCS3(=O)=O)cc(C(=O)N[C@@H](Cc3ccccc3)[C@H](O)CNC(C)(C)c3cccc(OC)c3)cc21. The number of methoxy groups -OCH3 is 1. The first-order valence-electron chi connectivity index (χ1n) is 15.6. The number of ether oxygens (including phenoxy) is 1. The predicted octanol–water partition coefficient (Wildman–Crippen LogP) is 4.83. The van der Waals surface area contributed by atoms with Gasteiger partial charge in [0.25, 0.3) is 5.91 Å². The first-order valence-corrected chi connectivity index (χ1v) is 17.2. The second kappa shape index (κ2) is 13.6. The molecule has 4 aromatic rings. The minimum absolute atomic E-state index is 0.0872. The van der Waals surface area contributed by atoms with Crippen LogP contribution in [0.25, 0.3) is 10.9 Å². The number of aliphatic hydroxyl groups excluding tert-OH is 1. The number of aryl methyl sites for hydroxylation is 1. The standard InChI is InChI=1S/C35H44N4O5S/c1-5-38-18-16-29-31(38)21-26(22-32(29)39-17-9-10-19-45(39,42)43)34(41)37-30(20-25-12-7-6-8-13-25)33(40)24-36-35(2,3)27-14-11-15-28(23-27)44-4/h6-8,11-16,18,21-23,30,33,36,40H,5,9-10,17,19-20,24H2,1-4H3,(H,37,41)/t30-,33+/m0/s1. The second-order valence-electron chi connectivity index (χ2n) is 12.2. The van der Waals surface area contributed by atoms with Gasteiger partial charge in [-0.15, -0.1) is 0 Å². The predicted molar refractivity (Wildman–Crippen MR) is 179 cm³/mol. The summed E-state index contributed by atoms with van der Waals surface area (Å²) in [7, 11) is -1.87. The van der Waals surface area contributed by atoms with Gasteiger partial charge < -0.3 is 25.0 Å². The highest BCUT2D eigenvalue weighted by Crippen LogP contribution is 2.34. The Kier molecular flexibility index (Phi) is 9.86. The number of fused-ring (bicyclic) bond motifs is 1. The van der Waals surface area contributed by atoms with Crippen LogP contribution < -0.4 is 19.7 Å². The van der Waals surface area contributed by atoms with E-state index in [1.54, 1.807) is 13.2 Å². The Balaban J connectivity index is 1.43. The van der Waals surface area contributed by atoms with Gasteiger partial charge in [-0.3, -0.25) is 9.10 Å². The summed E-state index contributed by atoms with van der Waals surface area (Å²) >= 11 is 0. The van der Waals surface area contributed by atoms with E-state index in [2.05, 4.69) is 10.6 Å². The smallest absolute Gasteiger partial charge is 0.251 e. The minimum atomic E-state index is -3.50. The lowest BCUT2D eigenvalue weighted by Crippen LogP contribution is -2.51. The van der Waals surface area contributed by atoms with Gasteiger partial charge in [-0.1, -0.05) is 42.5 Å². The summed E-state index contributed by atoms with van der Waals surface area (Å²) in [4.78, 5) is 14.0. The zero-order valence-corrected chi connectivity index (χ0v) is 27.3. The summed E-state index contributed by atoms with van der Waals surface area (Å²) in [5.41, 5.74) is 3.16. The van der Waals surface area contributed by atoms with Gasteiger partial charge >= 0.3 is 0 Å². The molecule has 1 saturated heterocycles. The molecule has 10 heteroatoms. The molecule has 240 valence electrons. The second-order valence-corrected chi connectivity index (χ2v) is 14.2. The van der Waals surface area contributed by atoms with E-state index in [0.717, 1.165) is 34.2 Å². The van der Waals surface area contributed by atoms with Crippen molar-refractivity contribution in [1.82, 2.24) is 15.2 Å². The highest BCUT2D eigenvalue weighted by atomic mass is 32.2. The molecule has 2 heterocycles. The van der Waals surface area contributed by atoms with Crippen molar-refractivity contribution in [3.8, 4) is 5.75 Å². The lowest BCUT2D eigenvalue weighted by atomic mass is 9.93. The molecule has 2 atom stereocenters. The van der Waals surface area contributed by atoms with E-state index < -0.39 is 27.7 Å². The number of aliphatic hydroxyl groups is 1. The molecule has 5 rings (SSSR count). The first kappa shape index (κ1) is 32.5. The molecule has 0 radical (unpaired) electrons. The van der Waals surface area contributed by atoms with Gasteiger partial charge in [0.2, 0.25) is 10.0 Å². The number of anilines is 1. The van der Waals surface area contributed by atoms with Crippen LogP contribution in [0, 0.1) is 0 Å². The summed E-state index contributed by atoms with van der Waals surface area (Å²) < 4.78 is 35.1. The number of hydrogen-bond acceptors (Lipinski definition) is 6. The zero-order chi connectivity index (χ0) is 32.2. The van der Waals surface area contributed by atoms with Gasteiger partial charge in [0.15, 0.2) is 0 Å². The molecule has 1 amide bonds. The highest BCUT2D eigenvalue weighted by molar-refractivity contribution is 7.92. The maximum atomic E-state index is 14.0. The molecule has 9 nitrogen and oxygen atoms in total. The van der Waals surface area contributed by atoms with Crippen molar-refractivity contribution in [2.45, 2.75) is 64.3 Å². The molecule has 0 unspecified atom stereocenters. The Morgan fingerprint density at radius 1 is 1.04 bits per heavy atom. The van der Waals surface area contributed by atoms with Crippen molar-refractivity contribution in [1.29, 1.82) is 0 Å². The first-order chi connectivity index (χ1) is 21.5. The van der Waals surface area contributed by atoms with Crippen molar-refractivity contribution in [3.63, 3.8) is 0 Å². The van der Waals surface area contributed by atoms with Crippen molar-refractivity contribution in [2.24, 2.45) is 0 Å². The molecule has 0 saturated carbocycles. The van der Waals surface area contributed by atoms with Gasteiger partial charge in [0.05, 0.1) is 36.2 Å². The molecule has 0 spiro atoms. The number of nitrogens with zero attached hydrogens (tertiary/aromatic N) is 2. The third-order valence-corrected chi connectivity index (χ3v) is 10.6. The van der Waals surface area contributed by atoms with Crippen LogP contribution in [0.15, 0.2) is 79.0 Å². The number of amides is 1. The molecular formula is C35H44N4O5S. The number of nitrogens with one attached hydrogen (secondary N) is 2. The summed E-state index contributed by atoms with van der Waals surface area (Å²) in [6.07, 6.45) is 2.79. The quantitative estimate of drug-likeness (QED) is 0.206. The Morgan fingerprint density at radius 2 is 1.82 bits per heavy atom. The third kappa shape index (κ3) is 7.35. The van der Waals surface area contributed by atoms with Crippen LogP contribution in [0.3, 0.4) is 0 Å². The number of rotatable bonds is 12. The van der Waals surface area contributed by atoms with Crippen LogP contribution in [0.2, 0.25) is 0 Å². The van der Waals surface area contributed by atoms with Gasteiger partial charge in [-0.25, -0.2) is 8.42 Å². The molecule has 0 bridgehead atoms. The van der Waals surface area contributed by atoms with E-state index in [9.17, 15) is 18.3 Å². The maximum absolute atomic E-state index is 14.0. The number of carbonyl (C=O) groups is 1. The number of aromatic nitrogens is 1. The van der Waals surface area contributed by atoms with Crippen molar-refractivity contribution in [2.75, 3.05) is 30.3 Å². The Labute approximate surface area is 266 Å². The lowest BCUT2D eigenvalue weighted by Gasteiger charge is -2.32. The molecule has 1 aliphatic rings. The average Bonchev–Trinajstić information content (AvgIpc) is 3.46. The minimum Gasteiger partial charge on any atom is -0.497 e. The van der Waals surface area contributed by atoms with E-state index in [0.29, 0.717) is 37.2 Å². The van der Waals surface area contributed by atoms with Crippen LogP contribution in [0.5, 0.6) is 5.75 Å². The molecule has 3 N–H and O–H groups in total. The number of sulfonamides is 1. The highest BCUT2D eigenvalue weighted by Gasteiger charge is 2.30. The Bertz CT molecular complexity index is 1740. The molecule has 1 aromatic heterocycles. The molecule has 3 aromatic carbocycles. The molecule has 1 fully saturated rings. The normalized spacial score (nSPS) is 16.3. The molecule has 0 aliphatic carbocycles. The fourth-order valence-electron chi connectivity index (χ4n) is 5.97. The van der Waals surface area contributed by atoms with Crippen LogP contribution in [-0.2, 0) is 28.5 Å². The number of benzene rings is 3. The Hall–Kier alpha value is -3.86. The zero-order valence-electron chi connectivity index (χ0n) is 26.5. The van der Waals surface area contributed by atoms with Gasteiger partial charge in [0, 0.05) is 42.3 Å². The largest absolute Gasteiger partial charge is 0.497 e. The summed E-state index contributed by atoms with van der Waals surface area (Å²) in [5.74, 6) is 0.465. The van der Waals surface area contributed by atoms with E-state index in [-0.39, 0.29) is 18.2 Å². The fraction of sp³-hybridized carbons (Fsp3) is 0.400. The Morgan fingerprint density at radius 3 is 2.53 bits per heavy atom. The molecule has 45 heavy (non-hydrogen) atoms. The van der Waals surface area contributed by atoms with E-state index in [1.165, 1.54) is 4.31 Å². The third-order valence-electron chi connectivity index (χ3n) is 8.71. The fourth-order valence-corrected chi connectivity index (χ4v) is 7.62. The number of carbonyl (C=O) groups excluding carboxylic acids is 1. The van der Waals surface area contributed by atoms with Crippen LogP contribution in [-0.4, -0.2) is 62.1 Å². The van der Waals surface area contributed by atoms with E-state index in [1.807, 2.05) is 98.3 Å².